The zero-order valence-electron chi connectivity index (χ0n) is 6.91. The van der Waals surface area contributed by atoms with E-state index in [4.69, 9.17) is 14.0 Å². The van der Waals surface area contributed by atoms with Crippen LogP contribution in [0.3, 0.4) is 0 Å². The summed E-state index contributed by atoms with van der Waals surface area (Å²) in [6.45, 7) is 15.6. The van der Waals surface area contributed by atoms with Gasteiger partial charge in [-0.3, -0.25) is 0 Å². The van der Waals surface area contributed by atoms with E-state index in [-0.39, 0.29) is 17.1 Å². The second kappa shape index (κ2) is 29.8. The van der Waals surface area contributed by atoms with Crippen LogP contribution in [0.25, 0.3) is 0 Å². The molecule has 0 heterocycles. The quantitative estimate of drug-likeness (QED) is 0.334. The molecule has 0 N–H and O–H groups in total. The van der Waals surface area contributed by atoms with Crippen molar-refractivity contribution in [1.29, 1.82) is 0 Å². The molecule has 1 aliphatic carbocycles. The molecular weight excluding hydrogens is 211 g/mol. The standard InChI is InChI=1S/C6H7.3CO.Mn/c1-6-4-2-3-5-6;3*1-2;/h2-5H,1H3;;;;/q;;;;+2. The molecule has 3 nitrogen and oxygen atoms in total. The van der Waals surface area contributed by atoms with Gasteiger partial charge in [-0.25, -0.2) is 0 Å². The van der Waals surface area contributed by atoms with Gasteiger partial charge >= 0.3 is 51.0 Å². The average Bonchev–Trinajstić information content (AvgIpc) is 2.66. The Bertz CT molecular complexity index is 108. The molecular formula is C9H7MnO3+2. The Morgan fingerprint density at radius 1 is 0.846 bits per heavy atom. The molecule has 0 spiro atoms. The van der Waals surface area contributed by atoms with Gasteiger partial charge in [0, 0.05) is 0 Å². The van der Waals surface area contributed by atoms with Crippen LogP contribution in [-0.2, 0) is 31.0 Å². The molecule has 6 radical (unpaired) electrons. The average molecular weight is 218 g/mol. The van der Waals surface area contributed by atoms with Crippen molar-refractivity contribution in [3.05, 3.63) is 51.6 Å². The predicted molar refractivity (Wildman–Crippen MR) is 37.9 cm³/mol. The first-order valence-corrected chi connectivity index (χ1v) is 2.69. The summed E-state index contributed by atoms with van der Waals surface area (Å²) in [5.41, 5.74) is 0. The molecule has 0 aromatic heterocycles. The SMILES string of the molecule is C[C]1[CH][CH][CH][CH]1.[C-]#[O+].[C-]#[O+].[C-]#[O+].[Mn+2]. The van der Waals surface area contributed by atoms with E-state index < -0.39 is 0 Å². The Morgan fingerprint density at radius 2 is 1.08 bits per heavy atom. The van der Waals surface area contributed by atoms with E-state index in [2.05, 4.69) is 39.7 Å². The van der Waals surface area contributed by atoms with Crippen molar-refractivity contribution >= 4 is 0 Å². The van der Waals surface area contributed by atoms with Gasteiger partial charge in [0.25, 0.3) is 0 Å². The maximum absolute atomic E-state index is 7.50. The molecule has 1 aliphatic rings. The molecule has 0 unspecified atom stereocenters. The minimum Gasteiger partial charge on any atom is 2.00 e. The Hall–Kier alpha value is -0.261. The van der Waals surface area contributed by atoms with Gasteiger partial charge in [0.1, 0.15) is 0 Å². The third-order valence-electron chi connectivity index (χ3n) is 0.829. The normalized spacial score (nSPS) is 12.2. The minimum absolute atomic E-state index is 0. The third kappa shape index (κ3) is 24.5. The minimum atomic E-state index is 0. The molecule has 0 aromatic rings. The Balaban J connectivity index is -0.0000000508. The van der Waals surface area contributed by atoms with E-state index >= 15 is 0 Å². The largest absolute Gasteiger partial charge is 2.00 e. The van der Waals surface area contributed by atoms with Crippen LogP contribution >= 0.6 is 0 Å². The summed E-state index contributed by atoms with van der Waals surface area (Å²) in [4.78, 5) is 0. The molecule has 13 heavy (non-hydrogen) atoms. The van der Waals surface area contributed by atoms with E-state index in [1.54, 1.807) is 0 Å². The fourth-order valence-electron chi connectivity index (χ4n) is 0.470. The monoisotopic (exact) mass is 218 g/mol. The van der Waals surface area contributed by atoms with Gasteiger partial charge in [0.15, 0.2) is 0 Å². The second-order valence-corrected chi connectivity index (χ2v) is 1.46. The molecule has 1 fully saturated rings. The van der Waals surface area contributed by atoms with E-state index in [1.165, 1.54) is 5.92 Å². The van der Waals surface area contributed by atoms with Gasteiger partial charge in [-0.2, -0.15) is 0 Å². The predicted octanol–water partition coefficient (Wildman–Crippen LogP) is 1.30. The summed E-state index contributed by atoms with van der Waals surface area (Å²) in [6.07, 6.45) is 8.24. The summed E-state index contributed by atoms with van der Waals surface area (Å²) >= 11 is 0. The van der Waals surface area contributed by atoms with E-state index in [0.29, 0.717) is 0 Å². The first-order chi connectivity index (χ1) is 5.89. The molecule has 1 rings (SSSR count). The second-order valence-electron chi connectivity index (χ2n) is 1.46. The molecule has 0 atom stereocenters. The third-order valence-corrected chi connectivity index (χ3v) is 0.829. The summed E-state index contributed by atoms with van der Waals surface area (Å²) in [6, 6.07) is 0. The molecule has 4 heteroatoms. The zero-order valence-corrected chi connectivity index (χ0v) is 8.09. The van der Waals surface area contributed by atoms with Crippen molar-refractivity contribution in [2.75, 3.05) is 0 Å². The first kappa shape index (κ1) is 23.0. The van der Waals surface area contributed by atoms with Crippen LogP contribution in [0, 0.1) is 51.6 Å². The topological polar surface area (TPSA) is 59.7 Å². The van der Waals surface area contributed by atoms with Crippen molar-refractivity contribution in [2.24, 2.45) is 0 Å². The van der Waals surface area contributed by atoms with Crippen LogP contribution in [-0.4, -0.2) is 0 Å². The van der Waals surface area contributed by atoms with Gasteiger partial charge in [-0.1, -0.05) is 6.92 Å². The summed E-state index contributed by atoms with van der Waals surface area (Å²) in [7, 11) is 0. The Labute approximate surface area is 89.9 Å². The number of hydrogen-bond acceptors (Lipinski definition) is 0. The Morgan fingerprint density at radius 3 is 1.15 bits per heavy atom. The first-order valence-electron chi connectivity index (χ1n) is 2.69. The van der Waals surface area contributed by atoms with Crippen molar-refractivity contribution < 1.29 is 31.0 Å². The van der Waals surface area contributed by atoms with E-state index in [1.807, 2.05) is 12.8 Å². The smallest absolute Gasteiger partial charge is 2.00 e. The summed E-state index contributed by atoms with van der Waals surface area (Å²) in [5, 5.41) is 0. The maximum Gasteiger partial charge on any atom is 2.00 e. The summed E-state index contributed by atoms with van der Waals surface area (Å²) < 4.78 is 22.5. The molecule has 0 bridgehead atoms. The van der Waals surface area contributed by atoms with Crippen LogP contribution in [0.5, 0.6) is 0 Å². The molecule has 0 saturated heterocycles. The van der Waals surface area contributed by atoms with E-state index in [0.717, 1.165) is 0 Å². The fourth-order valence-corrected chi connectivity index (χ4v) is 0.470. The maximum atomic E-state index is 7.50. The van der Waals surface area contributed by atoms with Gasteiger partial charge in [-0.15, -0.1) is 0 Å². The van der Waals surface area contributed by atoms with Crippen molar-refractivity contribution in [2.45, 2.75) is 6.92 Å². The number of hydrogen-bond donors (Lipinski definition) is 0. The molecule has 0 amide bonds. The molecule has 0 aliphatic heterocycles. The van der Waals surface area contributed by atoms with Gasteiger partial charge in [0.2, 0.25) is 0 Å². The molecule has 0 aromatic carbocycles. The Kier molecular flexibility index (Phi) is 52.7. The molecule has 66 valence electrons. The van der Waals surface area contributed by atoms with Gasteiger partial charge < -0.3 is 0 Å². The number of rotatable bonds is 0. The van der Waals surface area contributed by atoms with Crippen molar-refractivity contribution in [3.63, 3.8) is 0 Å². The van der Waals surface area contributed by atoms with Gasteiger partial charge in [0.05, 0.1) is 0 Å². The molecule has 1 saturated carbocycles. The van der Waals surface area contributed by atoms with E-state index in [9.17, 15) is 0 Å². The fraction of sp³-hybridized carbons (Fsp3) is 0.111. The van der Waals surface area contributed by atoms with Crippen LogP contribution in [0.1, 0.15) is 6.92 Å². The van der Waals surface area contributed by atoms with Crippen LogP contribution < -0.4 is 0 Å². The van der Waals surface area contributed by atoms with Gasteiger partial charge in [-0.05, 0) is 31.6 Å². The van der Waals surface area contributed by atoms with Crippen molar-refractivity contribution in [1.82, 2.24) is 0 Å². The summed E-state index contributed by atoms with van der Waals surface area (Å²) in [5.74, 6) is 1.34. The van der Waals surface area contributed by atoms with Crippen LogP contribution in [0.15, 0.2) is 0 Å². The van der Waals surface area contributed by atoms with Crippen LogP contribution in [0.4, 0.5) is 0 Å². The zero-order chi connectivity index (χ0) is 10.4. The van der Waals surface area contributed by atoms with Crippen LogP contribution in [0.2, 0.25) is 0 Å². The van der Waals surface area contributed by atoms with Crippen molar-refractivity contribution in [3.8, 4) is 0 Å².